The Labute approximate surface area is 326 Å². The second-order valence-electron chi connectivity index (χ2n) is 22.3. The summed E-state index contributed by atoms with van der Waals surface area (Å²) < 4.78 is 21.2. The number of hydrogen-bond donors (Lipinski definition) is 0. The van der Waals surface area contributed by atoms with Crippen LogP contribution < -0.4 is 9.05 Å². The fourth-order valence-electron chi connectivity index (χ4n) is 6.70. The van der Waals surface area contributed by atoms with Crippen LogP contribution in [0, 0.1) is 0 Å². The lowest BCUT2D eigenvalue weighted by Crippen LogP contribution is -2.23. The molecular weight excluding hydrogens is 668 g/mol. The van der Waals surface area contributed by atoms with Gasteiger partial charge in [-0.25, -0.2) is 0 Å². The molecule has 4 aromatic carbocycles. The van der Waals surface area contributed by atoms with Crippen LogP contribution in [-0.4, -0.2) is 5.60 Å². The quantitative estimate of drug-likeness (QED) is 0.177. The highest BCUT2D eigenvalue weighted by Gasteiger charge is 2.34. The fourth-order valence-corrected chi connectivity index (χ4v) is 7.96. The first-order valence-electron chi connectivity index (χ1n) is 19.8. The third kappa shape index (κ3) is 9.99. The Balaban J connectivity index is 2.02. The van der Waals surface area contributed by atoms with E-state index in [-0.39, 0.29) is 32.5 Å². The minimum atomic E-state index is -1.87. The van der Waals surface area contributed by atoms with Crippen molar-refractivity contribution in [1.82, 2.24) is 0 Å². The van der Waals surface area contributed by atoms with Crippen LogP contribution in [0.15, 0.2) is 48.5 Å². The molecule has 0 aliphatic heterocycles. The van der Waals surface area contributed by atoms with Crippen LogP contribution in [0.4, 0.5) is 0 Å². The van der Waals surface area contributed by atoms with Gasteiger partial charge < -0.3 is 9.05 Å². The zero-order chi connectivity index (χ0) is 40.5. The molecule has 0 saturated carbocycles. The molecule has 4 aromatic rings. The summed E-state index contributed by atoms with van der Waals surface area (Å²) in [6.07, 6.45) is 0.819. The molecule has 0 aliphatic carbocycles. The van der Waals surface area contributed by atoms with E-state index in [0.717, 1.165) is 29.0 Å². The van der Waals surface area contributed by atoms with Gasteiger partial charge in [-0.15, -0.1) is 0 Å². The maximum atomic E-state index is 7.15. The van der Waals surface area contributed by atoms with Crippen LogP contribution in [0.5, 0.6) is 11.5 Å². The largest absolute Gasteiger partial charge is 0.463 e. The average molecular weight is 741 g/mol. The molecule has 0 atom stereocenters. The molecule has 0 spiro atoms. The summed E-state index contributed by atoms with van der Waals surface area (Å²) in [5.74, 6) is 1.64. The lowest BCUT2D eigenvalue weighted by molar-refractivity contribution is 0.0914. The van der Waals surface area contributed by atoms with E-state index in [2.05, 4.69) is 194 Å². The topological polar surface area (TPSA) is 27.7 Å². The predicted molar refractivity (Wildman–Crippen MR) is 234 cm³/mol. The van der Waals surface area contributed by atoms with Crippen molar-refractivity contribution in [3.8, 4) is 11.5 Å². The molecule has 0 heterocycles. The van der Waals surface area contributed by atoms with Gasteiger partial charge in [0.15, 0.2) is 0 Å². The predicted octanol–water partition coefficient (Wildman–Crippen LogP) is 15.7. The maximum absolute atomic E-state index is 7.15. The fraction of sp³-hybridized carbons (Fsp3) is 0.592. The van der Waals surface area contributed by atoms with E-state index in [1.165, 1.54) is 43.8 Å². The minimum Gasteiger partial charge on any atom is -0.417 e. The SMILES string of the molecule is CCC(C)(C)OP(Oc1cc2c(C(C)(C)C)cc(C(C)(C)C)cc2cc1C(C)(C)C)Oc1cc2c(C(C)(C)C)cc(C(C)(C)C)cc2cc1C(C)(C)C. The van der Waals surface area contributed by atoms with Crippen molar-refractivity contribution in [2.24, 2.45) is 0 Å². The summed E-state index contributed by atoms with van der Waals surface area (Å²) in [6, 6.07) is 18.8. The van der Waals surface area contributed by atoms with Crippen LogP contribution in [0.3, 0.4) is 0 Å². The van der Waals surface area contributed by atoms with Crippen LogP contribution in [0.2, 0.25) is 0 Å². The zero-order valence-corrected chi connectivity index (χ0v) is 38.4. The molecule has 4 rings (SSSR count). The van der Waals surface area contributed by atoms with E-state index in [9.17, 15) is 0 Å². The molecule has 3 nitrogen and oxygen atoms in total. The zero-order valence-electron chi connectivity index (χ0n) is 37.5. The van der Waals surface area contributed by atoms with Crippen molar-refractivity contribution in [3.05, 3.63) is 81.9 Å². The van der Waals surface area contributed by atoms with Gasteiger partial charge in [-0.05, 0) is 121 Å². The third-order valence-electron chi connectivity index (χ3n) is 10.6. The lowest BCUT2D eigenvalue weighted by atomic mass is 9.76. The van der Waals surface area contributed by atoms with Gasteiger partial charge in [0.25, 0.3) is 0 Å². The molecule has 0 unspecified atom stereocenters. The molecule has 0 radical (unpaired) electrons. The summed E-state index contributed by atoms with van der Waals surface area (Å²) in [4.78, 5) is 0. The lowest BCUT2D eigenvalue weighted by Gasteiger charge is -2.33. The third-order valence-corrected chi connectivity index (χ3v) is 11.9. The van der Waals surface area contributed by atoms with Gasteiger partial charge in [0.2, 0.25) is 0 Å². The van der Waals surface area contributed by atoms with Gasteiger partial charge in [0.1, 0.15) is 11.5 Å². The van der Waals surface area contributed by atoms with Crippen molar-refractivity contribution in [2.45, 2.75) is 190 Å². The summed E-state index contributed by atoms with van der Waals surface area (Å²) in [5.41, 5.74) is 6.71. The van der Waals surface area contributed by atoms with Crippen LogP contribution in [0.25, 0.3) is 21.5 Å². The van der Waals surface area contributed by atoms with Gasteiger partial charge in [-0.2, -0.15) is 0 Å². The molecule has 0 saturated heterocycles. The van der Waals surface area contributed by atoms with Crippen LogP contribution in [-0.2, 0) is 37.0 Å². The van der Waals surface area contributed by atoms with Gasteiger partial charge in [0, 0.05) is 11.1 Å². The first kappa shape index (κ1) is 43.1. The van der Waals surface area contributed by atoms with Gasteiger partial charge in [0.05, 0.1) is 5.60 Å². The molecule has 4 heteroatoms. The van der Waals surface area contributed by atoms with Crippen molar-refractivity contribution < 1.29 is 13.6 Å². The van der Waals surface area contributed by atoms with E-state index in [4.69, 9.17) is 13.6 Å². The van der Waals surface area contributed by atoms with Gasteiger partial charge >= 0.3 is 8.60 Å². The smallest absolute Gasteiger partial charge is 0.417 e. The summed E-state index contributed by atoms with van der Waals surface area (Å²) >= 11 is 0. The Morgan fingerprint density at radius 3 is 0.981 bits per heavy atom. The Morgan fingerprint density at radius 2 is 0.717 bits per heavy atom. The Morgan fingerprint density at radius 1 is 0.396 bits per heavy atom. The molecule has 0 amide bonds. The van der Waals surface area contributed by atoms with Crippen molar-refractivity contribution in [1.29, 1.82) is 0 Å². The van der Waals surface area contributed by atoms with E-state index in [0.29, 0.717) is 0 Å². The highest BCUT2D eigenvalue weighted by molar-refractivity contribution is 7.42. The standard InChI is InChI=1S/C49H73O3P/c1-22-49(20,21)52-53(50-41-29-35-31(25-39(41)47(14,15)16)23-33(43(2,3)4)27-37(35)45(8,9)10)51-42-30-36-32(26-40(42)48(17,18)19)24-34(44(5,6)7)28-38(36)46(11,12)13/h23-30H,22H2,1-21H3. The molecule has 0 aromatic heterocycles. The van der Waals surface area contributed by atoms with Crippen molar-refractivity contribution in [3.63, 3.8) is 0 Å². The second-order valence-corrected chi connectivity index (χ2v) is 23.3. The molecule has 0 aliphatic rings. The van der Waals surface area contributed by atoms with Crippen LogP contribution >= 0.6 is 8.60 Å². The molecular formula is C49H73O3P. The molecule has 0 fully saturated rings. The van der Waals surface area contributed by atoms with E-state index < -0.39 is 14.2 Å². The summed E-state index contributed by atoms with van der Waals surface area (Å²) in [6.45, 7) is 47.6. The highest BCUT2D eigenvalue weighted by Crippen LogP contribution is 2.52. The second kappa shape index (κ2) is 14.2. The Hall–Kier alpha value is -2.61. The highest BCUT2D eigenvalue weighted by atomic mass is 31.2. The normalized spacial score (nSPS) is 14.1. The minimum absolute atomic E-state index is 0.0266. The number of fused-ring (bicyclic) bond motifs is 2. The summed E-state index contributed by atoms with van der Waals surface area (Å²) in [5, 5.41) is 4.91. The molecule has 292 valence electrons. The van der Waals surface area contributed by atoms with Gasteiger partial charge in [-0.1, -0.05) is 156 Å². The molecule has 53 heavy (non-hydrogen) atoms. The maximum Gasteiger partial charge on any atom is 0.463 e. The number of benzene rings is 4. The Bertz CT molecular complexity index is 1820. The number of rotatable bonds is 7. The molecule has 0 N–H and O–H groups in total. The number of hydrogen-bond acceptors (Lipinski definition) is 3. The molecule has 0 bridgehead atoms. The Kier molecular flexibility index (Phi) is 11.5. The first-order valence-corrected chi connectivity index (χ1v) is 20.9. The van der Waals surface area contributed by atoms with Crippen LogP contribution in [0.1, 0.15) is 185 Å². The summed E-state index contributed by atoms with van der Waals surface area (Å²) in [7, 11) is -1.87. The van der Waals surface area contributed by atoms with Crippen molar-refractivity contribution >= 4 is 30.1 Å². The monoisotopic (exact) mass is 741 g/mol. The van der Waals surface area contributed by atoms with E-state index in [1.807, 2.05) is 0 Å². The average Bonchev–Trinajstić information content (AvgIpc) is 2.96. The first-order chi connectivity index (χ1) is 23.7. The van der Waals surface area contributed by atoms with E-state index >= 15 is 0 Å². The van der Waals surface area contributed by atoms with E-state index in [1.54, 1.807) is 0 Å². The van der Waals surface area contributed by atoms with Gasteiger partial charge in [-0.3, -0.25) is 4.52 Å². The van der Waals surface area contributed by atoms with Crippen molar-refractivity contribution in [2.75, 3.05) is 0 Å².